The molecule has 2 aliphatic rings. The van der Waals surface area contributed by atoms with E-state index in [9.17, 15) is 0 Å². The molecule has 0 saturated carbocycles. The number of allylic oxidation sites excluding steroid dienone is 5. The third-order valence-electron chi connectivity index (χ3n) is 6.93. The molecule has 35 heavy (non-hydrogen) atoms. The van der Waals surface area contributed by atoms with Gasteiger partial charge in [-0.1, -0.05) is 73.3 Å². The average Bonchev–Trinajstić information content (AvgIpc) is 2.90. The molecule has 2 aliphatic heterocycles. The Kier molecular flexibility index (Phi) is 4.24. The van der Waals surface area contributed by atoms with E-state index in [1.807, 2.05) is 18.2 Å². The van der Waals surface area contributed by atoms with Crippen LogP contribution in [0.25, 0.3) is 71.7 Å². The van der Waals surface area contributed by atoms with Crippen molar-refractivity contribution in [3.8, 4) is 22.3 Å². The first-order valence-electron chi connectivity index (χ1n) is 11.8. The largest absolute Gasteiger partial charge is 0.456 e. The standard InChI is InChI=1S/C33H22O2/c1-3-4-6-9-20(2)24-16-22-12-14-27-32-30(22)28(18-24)34-26-15-13-23-17-25(21-10-7-5-8-11-21)19-29(35-27)31(23)33(26)32/h3-19H,1H2,2H3/b6-4-,20-9+. The Morgan fingerprint density at radius 2 is 1.31 bits per heavy atom. The molecule has 0 bridgehead atoms. The number of rotatable bonds is 4. The monoisotopic (exact) mass is 450 g/mol. The molecule has 0 radical (unpaired) electrons. The van der Waals surface area contributed by atoms with Gasteiger partial charge in [0, 0.05) is 21.9 Å². The van der Waals surface area contributed by atoms with Gasteiger partial charge in [-0.15, -0.1) is 0 Å². The Bertz CT molecular complexity index is 1910. The van der Waals surface area contributed by atoms with Gasteiger partial charge in [0.1, 0.15) is 22.3 Å². The maximum atomic E-state index is 6.56. The van der Waals surface area contributed by atoms with Gasteiger partial charge in [-0.05, 0) is 76.4 Å². The van der Waals surface area contributed by atoms with E-state index >= 15 is 0 Å². The van der Waals surface area contributed by atoms with Crippen molar-refractivity contribution in [2.75, 3.05) is 0 Å². The summed E-state index contributed by atoms with van der Waals surface area (Å²) < 4.78 is 13.1. The Hall–Kier alpha value is -4.56. The van der Waals surface area contributed by atoms with Crippen LogP contribution >= 0.6 is 0 Å². The van der Waals surface area contributed by atoms with E-state index in [0.29, 0.717) is 0 Å². The van der Waals surface area contributed by atoms with Crippen molar-refractivity contribution in [3.63, 3.8) is 0 Å². The van der Waals surface area contributed by atoms with E-state index in [1.165, 1.54) is 11.1 Å². The van der Waals surface area contributed by atoms with Crippen LogP contribution in [-0.2, 0) is 0 Å². The van der Waals surface area contributed by atoms with Crippen molar-refractivity contribution < 1.29 is 8.83 Å². The van der Waals surface area contributed by atoms with Gasteiger partial charge in [-0.25, -0.2) is 0 Å². The van der Waals surface area contributed by atoms with E-state index in [4.69, 9.17) is 8.83 Å². The molecule has 2 nitrogen and oxygen atoms in total. The van der Waals surface area contributed by atoms with Gasteiger partial charge in [0.05, 0.1) is 0 Å². The fraction of sp³-hybridized carbons (Fsp3) is 0.0303. The third-order valence-corrected chi connectivity index (χ3v) is 6.93. The maximum Gasteiger partial charge on any atom is 0.136 e. The van der Waals surface area contributed by atoms with Crippen molar-refractivity contribution >= 4 is 49.5 Å². The zero-order valence-electron chi connectivity index (χ0n) is 19.3. The molecule has 0 amide bonds. The van der Waals surface area contributed by atoms with Crippen molar-refractivity contribution in [1.82, 2.24) is 0 Å². The van der Waals surface area contributed by atoms with Crippen LogP contribution in [0.4, 0.5) is 0 Å². The second kappa shape index (κ2) is 7.48. The summed E-state index contributed by atoms with van der Waals surface area (Å²) >= 11 is 0. The Labute approximate surface area is 202 Å². The van der Waals surface area contributed by atoms with Gasteiger partial charge in [-0.3, -0.25) is 0 Å². The number of hydrogen-bond acceptors (Lipinski definition) is 2. The number of benzene rings is 5. The molecule has 0 spiro atoms. The normalized spacial score (nSPS) is 12.9. The van der Waals surface area contributed by atoms with Crippen molar-refractivity contribution in [2.24, 2.45) is 0 Å². The second-order valence-electron chi connectivity index (χ2n) is 9.06. The minimum Gasteiger partial charge on any atom is -0.456 e. The molecule has 0 aromatic heterocycles. The predicted molar refractivity (Wildman–Crippen MR) is 147 cm³/mol. The molecule has 0 saturated heterocycles. The van der Waals surface area contributed by atoms with E-state index in [2.05, 4.69) is 92.4 Å². The highest BCUT2D eigenvalue weighted by Crippen LogP contribution is 2.49. The first kappa shape index (κ1) is 19.9. The SMILES string of the molecule is C=C/C=C\C=C(/C)c1cc2ccc3oc4cc(-c5ccccc5)cc5ccc6oc(c1)c2c3-c6c54. The lowest BCUT2D eigenvalue weighted by Crippen LogP contribution is -1.95. The molecule has 2 heterocycles. The summed E-state index contributed by atoms with van der Waals surface area (Å²) in [6.07, 6.45) is 7.81. The molecule has 0 aliphatic carbocycles. The maximum absolute atomic E-state index is 6.56. The smallest absolute Gasteiger partial charge is 0.136 e. The lowest BCUT2D eigenvalue weighted by Gasteiger charge is -2.20. The highest BCUT2D eigenvalue weighted by molar-refractivity contribution is 6.24. The minimum absolute atomic E-state index is 0.870. The first-order valence-corrected chi connectivity index (χ1v) is 11.8. The van der Waals surface area contributed by atoms with Gasteiger partial charge in [0.15, 0.2) is 0 Å². The fourth-order valence-electron chi connectivity index (χ4n) is 5.28. The molecule has 0 atom stereocenters. The molecule has 0 N–H and O–H groups in total. The summed E-state index contributed by atoms with van der Waals surface area (Å²) in [6, 6.07) is 27.6. The Morgan fingerprint density at radius 1 is 0.657 bits per heavy atom. The molecule has 5 aromatic carbocycles. The van der Waals surface area contributed by atoms with Crippen molar-refractivity contribution in [1.29, 1.82) is 0 Å². The first-order chi connectivity index (χ1) is 17.2. The van der Waals surface area contributed by atoms with Crippen LogP contribution in [-0.4, -0.2) is 0 Å². The highest BCUT2D eigenvalue weighted by atomic mass is 16.3. The quantitative estimate of drug-likeness (QED) is 0.151. The van der Waals surface area contributed by atoms with Gasteiger partial charge in [0.2, 0.25) is 0 Å². The molecular weight excluding hydrogens is 428 g/mol. The summed E-state index contributed by atoms with van der Waals surface area (Å²) in [5, 5.41) is 4.52. The molecule has 7 rings (SSSR count). The molecular formula is C33H22O2. The molecule has 0 unspecified atom stereocenters. The van der Waals surface area contributed by atoms with Crippen LogP contribution in [0.15, 0.2) is 119 Å². The molecule has 0 fully saturated rings. The van der Waals surface area contributed by atoms with Gasteiger partial charge >= 0.3 is 0 Å². The van der Waals surface area contributed by atoms with Crippen LogP contribution in [0.5, 0.6) is 0 Å². The summed E-state index contributed by atoms with van der Waals surface area (Å²) in [5.41, 5.74) is 10.4. The van der Waals surface area contributed by atoms with Crippen LogP contribution < -0.4 is 0 Å². The van der Waals surface area contributed by atoms with E-state index < -0.39 is 0 Å². The van der Waals surface area contributed by atoms with Crippen molar-refractivity contribution in [3.05, 3.63) is 115 Å². The third kappa shape index (κ3) is 2.97. The fourth-order valence-corrected chi connectivity index (χ4v) is 5.28. The van der Waals surface area contributed by atoms with Gasteiger partial charge < -0.3 is 8.83 Å². The molecule has 5 aromatic rings. The van der Waals surface area contributed by atoms with Crippen LogP contribution in [0, 0.1) is 0 Å². The topological polar surface area (TPSA) is 26.3 Å². The van der Waals surface area contributed by atoms with Crippen LogP contribution in [0.2, 0.25) is 0 Å². The number of hydrogen-bond donors (Lipinski definition) is 0. The van der Waals surface area contributed by atoms with E-state index in [0.717, 1.165) is 66.1 Å². The highest BCUT2D eigenvalue weighted by Gasteiger charge is 2.25. The summed E-state index contributed by atoms with van der Waals surface area (Å²) in [5.74, 6) is 0. The summed E-state index contributed by atoms with van der Waals surface area (Å²) in [6.45, 7) is 5.86. The average molecular weight is 451 g/mol. The minimum atomic E-state index is 0.870. The van der Waals surface area contributed by atoms with Crippen LogP contribution in [0.1, 0.15) is 12.5 Å². The molecule has 2 heteroatoms. The Balaban J connectivity index is 1.55. The van der Waals surface area contributed by atoms with Gasteiger partial charge in [0.25, 0.3) is 0 Å². The molecule has 166 valence electrons. The van der Waals surface area contributed by atoms with E-state index in [-0.39, 0.29) is 0 Å². The second-order valence-corrected chi connectivity index (χ2v) is 9.06. The zero-order chi connectivity index (χ0) is 23.5. The lowest BCUT2D eigenvalue weighted by molar-refractivity contribution is 0.646. The van der Waals surface area contributed by atoms with E-state index in [1.54, 1.807) is 6.08 Å². The zero-order valence-corrected chi connectivity index (χ0v) is 19.3. The summed E-state index contributed by atoms with van der Waals surface area (Å²) in [7, 11) is 0. The summed E-state index contributed by atoms with van der Waals surface area (Å²) in [4.78, 5) is 0. The Morgan fingerprint density at radius 3 is 2.00 bits per heavy atom. The van der Waals surface area contributed by atoms with Crippen LogP contribution in [0.3, 0.4) is 0 Å². The predicted octanol–water partition coefficient (Wildman–Crippen LogP) is 9.84. The van der Waals surface area contributed by atoms with Crippen molar-refractivity contribution in [2.45, 2.75) is 6.92 Å². The lowest BCUT2D eigenvalue weighted by atomic mass is 9.88. The van der Waals surface area contributed by atoms with Gasteiger partial charge in [-0.2, -0.15) is 0 Å².